The van der Waals surface area contributed by atoms with Crippen LogP contribution in [0, 0.1) is 5.92 Å². The number of hydrogen-bond donors (Lipinski definition) is 2. The minimum atomic E-state index is -0.432. The summed E-state index contributed by atoms with van der Waals surface area (Å²) in [5.74, 6) is -0.00418. The average molecular weight is 492 g/mol. The number of ether oxygens (including phenoxy) is 1. The van der Waals surface area contributed by atoms with Crippen LogP contribution in [-0.2, 0) is 11.3 Å². The molecule has 0 aliphatic carbocycles. The van der Waals surface area contributed by atoms with E-state index in [0.29, 0.717) is 36.9 Å². The van der Waals surface area contributed by atoms with Crippen LogP contribution in [0.3, 0.4) is 0 Å². The first-order chi connectivity index (χ1) is 14.3. The van der Waals surface area contributed by atoms with Gasteiger partial charge in [0.2, 0.25) is 5.91 Å². The second kappa shape index (κ2) is 11.7. The second-order valence-electron chi connectivity index (χ2n) is 7.23. The van der Waals surface area contributed by atoms with Crippen molar-refractivity contribution in [2.75, 3.05) is 13.2 Å². The van der Waals surface area contributed by atoms with E-state index in [1.807, 2.05) is 50.2 Å². The average Bonchev–Trinajstić information content (AvgIpc) is 2.70. The van der Waals surface area contributed by atoms with Gasteiger partial charge in [-0.25, -0.2) is 0 Å². The summed E-state index contributed by atoms with van der Waals surface area (Å²) in [5.41, 5.74) is 6.68. The van der Waals surface area contributed by atoms with Crippen molar-refractivity contribution in [1.29, 1.82) is 0 Å². The first-order valence-electron chi connectivity index (χ1n) is 9.61. The molecule has 0 aliphatic heterocycles. The molecule has 0 atom stereocenters. The van der Waals surface area contributed by atoms with Crippen molar-refractivity contribution in [3.63, 3.8) is 0 Å². The minimum Gasteiger partial charge on any atom is -0.492 e. The van der Waals surface area contributed by atoms with Crippen LogP contribution in [-0.4, -0.2) is 35.0 Å². The van der Waals surface area contributed by atoms with Crippen molar-refractivity contribution in [2.45, 2.75) is 26.8 Å². The van der Waals surface area contributed by atoms with Crippen LogP contribution >= 0.6 is 28.1 Å². The summed E-state index contributed by atoms with van der Waals surface area (Å²) in [6.45, 7) is 5.31. The summed E-state index contributed by atoms with van der Waals surface area (Å²) in [6, 6.07) is 14.9. The SMILES string of the molecule is CC(C)COc1ccc(Br)cc1C(=O)NC(=S)N(CCC(N)=O)Cc1ccccc1. The van der Waals surface area contributed by atoms with Gasteiger partial charge in [0.25, 0.3) is 5.91 Å². The molecule has 0 saturated heterocycles. The molecule has 6 nitrogen and oxygen atoms in total. The molecule has 0 unspecified atom stereocenters. The second-order valence-corrected chi connectivity index (χ2v) is 8.53. The van der Waals surface area contributed by atoms with Crippen LogP contribution < -0.4 is 15.8 Å². The molecule has 2 rings (SSSR count). The number of nitrogens with two attached hydrogens (primary N) is 1. The maximum atomic E-state index is 13.0. The van der Waals surface area contributed by atoms with Crippen LogP contribution in [0.2, 0.25) is 0 Å². The Morgan fingerprint density at radius 2 is 1.90 bits per heavy atom. The van der Waals surface area contributed by atoms with Gasteiger partial charge in [0.15, 0.2) is 5.11 Å². The van der Waals surface area contributed by atoms with Gasteiger partial charge in [-0.3, -0.25) is 14.9 Å². The van der Waals surface area contributed by atoms with Crippen LogP contribution in [0.25, 0.3) is 0 Å². The highest BCUT2D eigenvalue weighted by Gasteiger charge is 2.19. The predicted molar refractivity (Wildman–Crippen MR) is 125 cm³/mol. The fourth-order valence-electron chi connectivity index (χ4n) is 2.61. The van der Waals surface area contributed by atoms with E-state index in [2.05, 4.69) is 21.2 Å². The third-order valence-electron chi connectivity index (χ3n) is 4.11. The highest BCUT2D eigenvalue weighted by Crippen LogP contribution is 2.24. The van der Waals surface area contributed by atoms with Crippen molar-refractivity contribution in [3.8, 4) is 5.75 Å². The molecular weight excluding hydrogens is 466 g/mol. The number of hydrogen-bond acceptors (Lipinski definition) is 4. The van der Waals surface area contributed by atoms with Gasteiger partial charge in [0.05, 0.1) is 12.2 Å². The number of carbonyl (C=O) groups excluding carboxylic acids is 2. The van der Waals surface area contributed by atoms with Crippen molar-refractivity contribution < 1.29 is 14.3 Å². The number of nitrogens with one attached hydrogen (secondary N) is 1. The largest absolute Gasteiger partial charge is 0.492 e. The number of nitrogens with zero attached hydrogens (tertiary/aromatic N) is 1. The maximum absolute atomic E-state index is 13.0. The van der Waals surface area contributed by atoms with Gasteiger partial charge in [-0.05, 0) is 41.9 Å². The number of rotatable bonds is 9. The molecule has 0 aromatic heterocycles. The van der Waals surface area contributed by atoms with Gasteiger partial charge in [-0.1, -0.05) is 60.1 Å². The lowest BCUT2D eigenvalue weighted by Crippen LogP contribution is -2.43. The number of thiocarbonyl (C=S) groups is 1. The molecule has 0 aliphatic rings. The third kappa shape index (κ3) is 7.76. The number of carbonyl (C=O) groups is 2. The van der Waals surface area contributed by atoms with E-state index >= 15 is 0 Å². The van der Waals surface area contributed by atoms with Gasteiger partial charge in [0, 0.05) is 24.0 Å². The molecule has 8 heteroatoms. The highest BCUT2D eigenvalue weighted by atomic mass is 79.9. The fraction of sp³-hybridized carbons (Fsp3) is 0.318. The van der Waals surface area contributed by atoms with E-state index in [0.717, 1.165) is 10.0 Å². The van der Waals surface area contributed by atoms with Crippen molar-refractivity contribution in [2.24, 2.45) is 11.7 Å². The van der Waals surface area contributed by atoms with Crippen molar-refractivity contribution in [1.82, 2.24) is 10.2 Å². The third-order valence-corrected chi connectivity index (χ3v) is 4.96. The van der Waals surface area contributed by atoms with E-state index in [-0.39, 0.29) is 17.4 Å². The summed E-state index contributed by atoms with van der Waals surface area (Å²) >= 11 is 8.87. The van der Waals surface area contributed by atoms with Crippen LogP contribution in [0.4, 0.5) is 0 Å². The molecule has 3 N–H and O–H groups in total. The Morgan fingerprint density at radius 1 is 1.20 bits per heavy atom. The van der Waals surface area contributed by atoms with E-state index in [1.54, 1.807) is 17.0 Å². The number of halogens is 1. The van der Waals surface area contributed by atoms with E-state index in [4.69, 9.17) is 22.7 Å². The maximum Gasteiger partial charge on any atom is 0.261 e. The lowest BCUT2D eigenvalue weighted by Gasteiger charge is -2.25. The molecular formula is C22H26BrN3O3S. The van der Waals surface area contributed by atoms with Gasteiger partial charge < -0.3 is 15.4 Å². The molecule has 160 valence electrons. The Hall–Kier alpha value is -2.45. The van der Waals surface area contributed by atoms with E-state index < -0.39 is 5.91 Å². The molecule has 30 heavy (non-hydrogen) atoms. The van der Waals surface area contributed by atoms with Gasteiger partial charge in [-0.2, -0.15) is 0 Å². The molecule has 0 saturated carbocycles. The minimum absolute atomic E-state index is 0.127. The summed E-state index contributed by atoms with van der Waals surface area (Å²) in [4.78, 5) is 26.0. The number of amides is 2. The topological polar surface area (TPSA) is 84.7 Å². The zero-order valence-electron chi connectivity index (χ0n) is 17.1. The Bertz CT molecular complexity index is 890. The Morgan fingerprint density at radius 3 is 2.53 bits per heavy atom. The summed E-state index contributed by atoms with van der Waals surface area (Å²) in [5, 5.41) is 2.98. The predicted octanol–water partition coefficient (Wildman–Crippen LogP) is 3.88. The van der Waals surface area contributed by atoms with Crippen LogP contribution in [0.15, 0.2) is 53.0 Å². The van der Waals surface area contributed by atoms with Crippen molar-refractivity contribution >= 4 is 45.1 Å². The standard InChI is InChI=1S/C22H26BrN3O3S/c1-15(2)14-29-19-9-8-17(23)12-18(19)21(28)25-22(30)26(11-10-20(24)27)13-16-6-4-3-5-7-16/h3-9,12,15H,10-11,13-14H2,1-2H3,(H2,24,27)(H,25,28,30). The number of primary amides is 1. The smallest absolute Gasteiger partial charge is 0.261 e. The number of benzene rings is 2. The molecule has 2 amide bonds. The normalized spacial score (nSPS) is 10.5. The molecule has 0 radical (unpaired) electrons. The Labute approximate surface area is 190 Å². The summed E-state index contributed by atoms with van der Waals surface area (Å²) in [6.07, 6.45) is 0.127. The highest BCUT2D eigenvalue weighted by molar-refractivity contribution is 9.10. The zero-order valence-corrected chi connectivity index (χ0v) is 19.5. The molecule has 0 bridgehead atoms. The first kappa shape index (κ1) is 23.8. The molecule has 2 aromatic carbocycles. The first-order valence-corrected chi connectivity index (χ1v) is 10.8. The summed E-state index contributed by atoms with van der Waals surface area (Å²) < 4.78 is 6.55. The molecule has 0 fully saturated rings. The van der Waals surface area contributed by atoms with Crippen molar-refractivity contribution in [3.05, 3.63) is 64.1 Å². The van der Waals surface area contributed by atoms with Crippen LogP contribution in [0.5, 0.6) is 5.75 Å². The Balaban J connectivity index is 2.16. The van der Waals surface area contributed by atoms with Gasteiger partial charge >= 0.3 is 0 Å². The monoisotopic (exact) mass is 491 g/mol. The van der Waals surface area contributed by atoms with Gasteiger partial charge in [0.1, 0.15) is 5.75 Å². The Kier molecular flexibility index (Phi) is 9.26. The fourth-order valence-corrected chi connectivity index (χ4v) is 3.22. The molecule has 0 spiro atoms. The quantitative estimate of drug-likeness (QED) is 0.520. The lowest BCUT2D eigenvalue weighted by atomic mass is 10.2. The zero-order chi connectivity index (χ0) is 22.1. The molecule has 0 heterocycles. The van der Waals surface area contributed by atoms with Gasteiger partial charge in [-0.15, -0.1) is 0 Å². The van der Waals surface area contributed by atoms with Crippen LogP contribution in [0.1, 0.15) is 36.2 Å². The lowest BCUT2D eigenvalue weighted by molar-refractivity contribution is -0.118. The van der Waals surface area contributed by atoms with E-state index in [1.165, 1.54) is 0 Å². The molecule has 2 aromatic rings. The summed E-state index contributed by atoms with van der Waals surface area (Å²) in [7, 11) is 0. The van der Waals surface area contributed by atoms with E-state index in [9.17, 15) is 9.59 Å².